The van der Waals surface area contributed by atoms with Crippen LogP contribution in [0.2, 0.25) is 0 Å². The summed E-state index contributed by atoms with van der Waals surface area (Å²) in [6.45, 7) is 0. The Morgan fingerprint density at radius 1 is 1.79 bits per heavy atom. The third-order valence-corrected chi connectivity index (χ3v) is 2.13. The number of likely N-dealkylation sites (tertiary alicyclic amines) is 1. The van der Waals surface area contributed by atoms with E-state index >= 15 is 0 Å². The molecule has 0 aliphatic carbocycles. The number of aliphatic hydroxyl groups excluding tert-OH is 1. The van der Waals surface area contributed by atoms with Gasteiger partial charge in [0, 0.05) is 19.5 Å². The topological polar surface area (TPSA) is 40.5 Å². The Labute approximate surface area is 81.8 Å². The van der Waals surface area contributed by atoms with Crippen LogP contribution in [0.5, 0.6) is 0 Å². The molecule has 0 bridgehead atoms. The number of carbonyl (C=O) groups excluding carboxylic acids is 1. The van der Waals surface area contributed by atoms with Gasteiger partial charge in [-0.1, -0.05) is 12.2 Å². The standard InChI is InChI=1S/C8H10BF2NO2/c1-12-5(2-3-6(9)13)4-8(10,11)7(12)14/h2-3,5-6,13H,4H2,1H3/b3-2+/t5-,6-/m0/s1. The lowest BCUT2D eigenvalue weighted by Crippen LogP contribution is -2.32. The summed E-state index contributed by atoms with van der Waals surface area (Å²) in [7, 11) is 6.29. The highest BCUT2D eigenvalue weighted by molar-refractivity contribution is 6.12. The molecule has 2 radical (unpaired) electrons. The number of rotatable bonds is 2. The molecule has 1 fully saturated rings. The Morgan fingerprint density at radius 2 is 2.36 bits per heavy atom. The van der Waals surface area contributed by atoms with Crippen LogP contribution in [-0.4, -0.2) is 48.8 Å². The highest BCUT2D eigenvalue weighted by Gasteiger charge is 2.50. The van der Waals surface area contributed by atoms with Gasteiger partial charge < -0.3 is 10.0 Å². The summed E-state index contributed by atoms with van der Waals surface area (Å²) in [5.41, 5.74) is 0. The summed E-state index contributed by atoms with van der Waals surface area (Å²) in [5.74, 6) is -4.50. The molecule has 0 spiro atoms. The zero-order chi connectivity index (χ0) is 10.9. The molecule has 1 aliphatic heterocycles. The molecule has 1 saturated heterocycles. The average Bonchev–Trinajstić information content (AvgIpc) is 2.26. The zero-order valence-corrected chi connectivity index (χ0v) is 7.65. The number of hydrogen-bond donors (Lipinski definition) is 1. The van der Waals surface area contributed by atoms with E-state index in [0.717, 1.165) is 4.90 Å². The summed E-state index contributed by atoms with van der Waals surface area (Å²) < 4.78 is 25.7. The van der Waals surface area contributed by atoms with Crippen molar-refractivity contribution >= 4 is 13.8 Å². The second-order valence-corrected chi connectivity index (χ2v) is 3.27. The molecule has 0 aromatic rings. The smallest absolute Gasteiger partial charge is 0.327 e. The van der Waals surface area contributed by atoms with Crippen molar-refractivity contribution < 1.29 is 18.7 Å². The molecule has 14 heavy (non-hydrogen) atoms. The van der Waals surface area contributed by atoms with Gasteiger partial charge in [-0.15, -0.1) is 0 Å². The van der Waals surface area contributed by atoms with Crippen LogP contribution < -0.4 is 0 Å². The van der Waals surface area contributed by atoms with Gasteiger partial charge in [0.25, 0.3) is 5.91 Å². The van der Waals surface area contributed by atoms with Crippen molar-refractivity contribution in [2.24, 2.45) is 0 Å². The molecule has 1 N–H and O–H groups in total. The summed E-state index contributed by atoms with van der Waals surface area (Å²) in [5, 5.41) is 8.69. The first-order chi connectivity index (χ1) is 6.34. The Hall–Kier alpha value is -0.905. The fourth-order valence-corrected chi connectivity index (χ4v) is 1.33. The van der Waals surface area contributed by atoms with Gasteiger partial charge in [0.15, 0.2) is 0 Å². The van der Waals surface area contributed by atoms with Crippen molar-refractivity contribution in [2.75, 3.05) is 7.05 Å². The minimum atomic E-state index is -3.30. The van der Waals surface area contributed by atoms with Crippen LogP contribution >= 0.6 is 0 Å². The maximum Gasteiger partial charge on any atom is 0.327 e. The summed E-state index contributed by atoms with van der Waals surface area (Å²) >= 11 is 0. The first-order valence-electron chi connectivity index (χ1n) is 4.11. The normalized spacial score (nSPS) is 28.7. The minimum Gasteiger partial charge on any atom is -0.399 e. The Bertz CT molecular complexity index is 268. The van der Waals surface area contributed by atoms with Gasteiger partial charge in [0.1, 0.15) is 7.85 Å². The Balaban J connectivity index is 2.71. The molecule has 0 aromatic carbocycles. The largest absolute Gasteiger partial charge is 0.399 e. The fourth-order valence-electron chi connectivity index (χ4n) is 1.33. The fraction of sp³-hybridized carbons (Fsp3) is 0.625. The summed E-state index contributed by atoms with van der Waals surface area (Å²) in [6, 6.07) is -1.89. The summed E-state index contributed by atoms with van der Waals surface area (Å²) in [6.07, 6.45) is 1.92. The van der Waals surface area contributed by atoms with E-state index in [2.05, 4.69) is 0 Å². The van der Waals surface area contributed by atoms with Gasteiger partial charge in [-0.2, -0.15) is 8.78 Å². The lowest BCUT2D eigenvalue weighted by molar-refractivity contribution is -0.146. The molecular formula is C8H10BF2NO2. The van der Waals surface area contributed by atoms with E-state index in [4.69, 9.17) is 13.0 Å². The van der Waals surface area contributed by atoms with Crippen molar-refractivity contribution in [2.45, 2.75) is 24.4 Å². The van der Waals surface area contributed by atoms with Crippen LogP contribution in [0.4, 0.5) is 8.78 Å². The van der Waals surface area contributed by atoms with Gasteiger partial charge in [-0.3, -0.25) is 4.79 Å². The molecule has 0 saturated carbocycles. The van der Waals surface area contributed by atoms with Crippen molar-refractivity contribution in [1.29, 1.82) is 0 Å². The van der Waals surface area contributed by atoms with E-state index < -0.39 is 30.3 Å². The quantitative estimate of drug-likeness (QED) is 0.500. The van der Waals surface area contributed by atoms with Crippen LogP contribution in [0.15, 0.2) is 12.2 Å². The molecule has 3 nitrogen and oxygen atoms in total. The summed E-state index contributed by atoms with van der Waals surface area (Å²) in [4.78, 5) is 11.9. The molecule has 1 rings (SSSR count). The minimum absolute atomic E-state index is 0.564. The van der Waals surface area contributed by atoms with Crippen LogP contribution in [0, 0.1) is 0 Å². The van der Waals surface area contributed by atoms with E-state index in [1.54, 1.807) is 0 Å². The number of alkyl halides is 2. The molecule has 2 atom stereocenters. The predicted molar refractivity (Wildman–Crippen MR) is 47.0 cm³/mol. The van der Waals surface area contributed by atoms with Gasteiger partial charge in [-0.05, 0) is 0 Å². The number of carbonyl (C=O) groups is 1. The van der Waals surface area contributed by atoms with Gasteiger partial charge in [-0.25, -0.2) is 0 Å². The molecule has 0 aromatic heterocycles. The van der Waals surface area contributed by atoms with E-state index in [1.807, 2.05) is 0 Å². The number of halogens is 2. The molecule has 1 amide bonds. The number of hydrogen-bond acceptors (Lipinski definition) is 2. The number of amides is 1. The molecule has 6 heteroatoms. The first-order valence-corrected chi connectivity index (χ1v) is 4.11. The predicted octanol–water partition coefficient (Wildman–Crippen LogP) is -0.105. The molecule has 1 aliphatic rings. The highest BCUT2D eigenvalue weighted by Crippen LogP contribution is 2.32. The van der Waals surface area contributed by atoms with Gasteiger partial charge in [0.05, 0.1) is 6.04 Å². The molecular weight excluding hydrogens is 191 g/mol. The van der Waals surface area contributed by atoms with E-state index in [0.29, 0.717) is 0 Å². The van der Waals surface area contributed by atoms with E-state index in [1.165, 1.54) is 19.2 Å². The lowest BCUT2D eigenvalue weighted by Gasteiger charge is -2.14. The third-order valence-electron chi connectivity index (χ3n) is 2.13. The van der Waals surface area contributed by atoms with Crippen LogP contribution in [0.1, 0.15) is 6.42 Å². The first kappa shape index (κ1) is 11.2. The zero-order valence-electron chi connectivity index (χ0n) is 7.65. The van der Waals surface area contributed by atoms with Gasteiger partial charge >= 0.3 is 5.92 Å². The third kappa shape index (κ3) is 2.12. The lowest BCUT2D eigenvalue weighted by atomic mass is 9.99. The van der Waals surface area contributed by atoms with E-state index in [9.17, 15) is 13.6 Å². The van der Waals surface area contributed by atoms with Crippen LogP contribution in [-0.2, 0) is 4.79 Å². The molecule has 0 unspecified atom stereocenters. The second kappa shape index (κ2) is 3.69. The number of likely N-dealkylation sites (N-methyl/N-ethyl adjacent to an activating group) is 1. The average molecular weight is 201 g/mol. The van der Waals surface area contributed by atoms with Crippen molar-refractivity contribution in [3.05, 3.63) is 12.2 Å². The van der Waals surface area contributed by atoms with Crippen LogP contribution in [0.3, 0.4) is 0 Å². The number of nitrogens with zero attached hydrogens (tertiary/aromatic N) is 1. The maximum absolute atomic E-state index is 12.8. The molecule has 1 heterocycles. The van der Waals surface area contributed by atoms with Gasteiger partial charge in [0.2, 0.25) is 0 Å². The highest BCUT2D eigenvalue weighted by atomic mass is 19.3. The second-order valence-electron chi connectivity index (χ2n) is 3.27. The number of aliphatic hydroxyl groups is 1. The SMILES string of the molecule is [B][C@@H](O)/C=C/[C@H]1CC(F)(F)C(=O)N1C. The Morgan fingerprint density at radius 3 is 2.71 bits per heavy atom. The molecule has 76 valence electrons. The van der Waals surface area contributed by atoms with E-state index in [-0.39, 0.29) is 0 Å². The van der Waals surface area contributed by atoms with Crippen molar-refractivity contribution in [3.8, 4) is 0 Å². The Kier molecular flexibility index (Phi) is 2.94. The maximum atomic E-state index is 12.8. The van der Waals surface area contributed by atoms with Crippen molar-refractivity contribution in [1.82, 2.24) is 4.90 Å². The van der Waals surface area contributed by atoms with Crippen molar-refractivity contribution in [3.63, 3.8) is 0 Å². The van der Waals surface area contributed by atoms with Crippen LogP contribution in [0.25, 0.3) is 0 Å². The monoisotopic (exact) mass is 201 g/mol.